The molecule has 3 heteroatoms. The largest absolute Gasteiger partial charge is 0.385 e. The molecule has 3 nitrogen and oxygen atoms in total. The molecule has 0 radical (unpaired) electrons. The molecule has 14 heavy (non-hydrogen) atoms. The van der Waals surface area contributed by atoms with Crippen LogP contribution < -0.4 is 5.32 Å². The van der Waals surface area contributed by atoms with Gasteiger partial charge in [-0.25, -0.2) is 0 Å². The monoisotopic (exact) mass is 193 g/mol. The fourth-order valence-corrected chi connectivity index (χ4v) is 3.40. The summed E-state index contributed by atoms with van der Waals surface area (Å²) < 4.78 is 11.6. The number of rotatable bonds is 1. The van der Waals surface area contributed by atoms with E-state index in [1.165, 1.54) is 25.0 Å². The van der Waals surface area contributed by atoms with Gasteiger partial charge in [0.15, 0.2) is 6.29 Å². The standard InChI is InChI=1S/C11H15NO2/c1-2-8-7(5-6(1)12-8)11-9-3-4-10(13-9)14-11/h1,7-12H,2-5H2. The van der Waals surface area contributed by atoms with E-state index in [2.05, 4.69) is 11.4 Å². The topological polar surface area (TPSA) is 30.5 Å². The van der Waals surface area contributed by atoms with Crippen molar-refractivity contribution in [2.75, 3.05) is 0 Å². The molecule has 5 atom stereocenters. The molecule has 0 aromatic rings. The summed E-state index contributed by atoms with van der Waals surface area (Å²) in [7, 11) is 0. The molecule has 0 spiro atoms. The second-order valence-electron chi connectivity index (χ2n) is 4.87. The molecule has 4 rings (SSSR count). The molecule has 0 saturated carbocycles. The van der Waals surface area contributed by atoms with E-state index in [-0.39, 0.29) is 6.29 Å². The SMILES string of the molecule is C1=C2CC(C3OC4CCC3O4)C(C1)N2. The summed E-state index contributed by atoms with van der Waals surface area (Å²) in [5.74, 6) is 0.672. The summed E-state index contributed by atoms with van der Waals surface area (Å²) in [4.78, 5) is 0. The quantitative estimate of drug-likeness (QED) is 0.677. The lowest BCUT2D eigenvalue weighted by Crippen LogP contribution is -2.39. The lowest BCUT2D eigenvalue weighted by molar-refractivity contribution is -0.0617. The third-order valence-corrected chi connectivity index (χ3v) is 4.07. The molecule has 76 valence electrons. The Morgan fingerprint density at radius 3 is 2.86 bits per heavy atom. The van der Waals surface area contributed by atoms with Gasteiger partial charge in [-0.2, -0.15) is 0 Å². The second-order valence-corrected chi connectivity index (χ2v) is 4.87. The van der Waals surface area contributed by atoms with Crippen molar-refractivity contribution in [3.05, 3.63) is 11.8 Å². The number of hydrogen-bond acceptors (Lipinski definition) is 3. The molecule has 4 heterocycles. The number of ether oxygens (including phenoxy) is 2. The molecule has 4 aliphatic rings. The average molecular weight is 193 g/mol. The Bertz CT molecular complexity index is 302. The van der Waals surface area contributed by atoms with Crippen LogP contribution in [0.25, 0.3) is 0 Å². The maximum atomic E-state index is 5.91. The molecule has 0 aromatic heterocycles. The van der Waals surface area contributed by atoms with Crippen molar-refractivity contribution in [1.29, 1.82) is 0 Å². The highest BCUT2D eigenvalue weighted by atomic mass is 16.7. The Morgan fingerprint density at radius 2 is 2.29 bits per heavy atom. The van der Waals surface area contributed by atoms with Gasteiger partial charge in [0.25, 0.3) is 0 Å². The average Bonchev–Trinajstić information content (AvgIpc) is 2.96. The highest BCUT2D eigenvalue weighted by Crippen LogP contribution is 2.43. The van der Waals surface area contributed by atoms with E-state index in [0.29, 0.717) is 24.2 Å². The van der Waals surface area contributed by atoms with Gasteiger partial charge in [0, 0.05) is 24.1 Å². The van der Waals surface area contributed by atoms with Crippen molar-refractivity contribution in [2.24, 2.45) is 5.92 Å². The number of nitrogens with one attached hydrogen (secondary N) is 1. The molecule has 0 aliphatic carbocycles. The first-order valence-electron chi connectivity index (χ1n) is 5.66. The Balaban J connectivity index is 1.57. The predicted octanol–water partition coefficient (Wildman–Crippen LogP) is 1.16. The van der Waals surface area contributed by atoms with Crippen molar-refractivity contribution in [1.82, 2.24) is 5.32 Å². The van der Waals surface area contributed by atoms with Crippen LogP contribution in [0.2, 0.25) is 0 Å². The van der Waals surface area contributed by atoms with Gasteiger partial charge in [-0.15, -0.1) is 0 Å². The minimum absolute atomic E-state index is 0.123. The number of hydrogen-bond donors (Lipinski definition) is 1. The van der Waals surface area contributed by atoms with E-state index in [0.717, 1.165) is 6.42 Å². The van der Waals surface area contributed by atoms with Crippen LogP contribution >= 0.6 is 0 Å². The second kappa shape index (κ2) is 2.52. The Labute approximate surface area is 83.5 Å². The molecule has 4 aliphatic heterocycles. The van der Waals surface area contributed by atoms with Crippen LogP contribution in [0.5, 0.6) is 0 Å². The molecule has 1 N–H and O–H groups in total. The summed E-state index contributed by atoms with van der Waals surface area (Å²) in [6.45, 7) is 0. The Kier molecular flexibility index (Phi) is 1.39. The van der Waals surface area contributed by atoms with Gasteiger partial charge in [0.1, 0.15) is 0 Å². The van der Waals surface area contributed by atoms with Crippen molar-refractivity contribution in [3.63, 3.8) is 0 Å². The fourth-order valence-electron chi connectivity index (χ4n) is 3.40. The minimum atomic E-state index is 0.123. The van der Waals surface area contributed by atoms with Crippen LogP contribution in [0.4, 0.5) is 0 Å². The Morgan fingerprint density at radius 1 is 1.29 bits per heavy atom. The van der Waals surface area contributed by atoms with Crippen LogP contribution in [-0.2, 0) is 9.47 Å². The molecule has 4 bridgehead atoms. The summed E-state index contributed by atoms with van der Waals surface area (Å²) in [5.41, 5.74) is 1.44. The first-order chi connectivity index (χ1) is 6.90. The zero-order valence-corrected chi connectivity index (χ0v) is 8.11. The minimum Gasteiger partial charge on any atom is -0.385 e. The van der Waals surface area contributed by atoms with Gasteiger partial charge in [-0.1, -0.05) is 6.08 Å². The highest BCUT2D eigenvalue weighted by molar-refractivity contribution is 5.20. The van der Waals surface area contributed by atoms with Crippen molar-refractivity contribution < 1.29 is 9.47 Å². The fraction of sp³-hybridized carbons (Fsp3) is 0.818. The van der Waals surface area contributed by atoms with Crippen molar-refractivity contribution >= 4 is 0 Å². The Hall–Kier alpha value is -0.540. The molecule has 3 fully saturated rings. The van der Waals surface area contributed by atoms with Gasteiger partial charge >= 0.3 is 0 Å². The number of fused-ring (bicyclic) bond motifs is 4. The molecule has 0 amide bonds. The first kappa shape index (κ1) is 7.71. The van der Waals surface area contributed by atoms with E-state index < -0.39 is 0 Å². The van der Waals surface area contributed by atoms with Gasteiger partial charge < -0.3 is 14.8 Å². The summed E-state index contributed by atoms with van der Waals surface area (Å²) in [5, 5.41) is 3.54. The molecular weight excluding hydrogens is 178 g/mol. The van der Waals surface area contributed by atoms with E-state index in [1.807, 2.05) is 0 Å². The first-order valence-corrected chi connectivity index (χ1v) is 5.66. The van der Waals surface area contributed by atoms with Crippen LogP contribution in [0.1, 0.15) is 25.7 Å². The van der Waals surface area contributed by atoms with Crippen molar-refractivity contribution in [3.8, 4) is 0 Å². The van der Waals surface area contributed by atoms with Crippen LogP contribution in [0.3, 0.4) is 0 Å². The summed E-state index contributed by atoms with van der Waals surface area (Å²) in [6, 6.07) is 0.637. The van der Waals surface area contributed by atoms with Crippen LogP contribution in [-0.4, -0.2) is 24.5 Å². The van der Waals surface area contributed by atoms with Gasteiger partial charge in [0.2, 0.25) is 0 Å². The van der Waals surface area contributed by atoms with Crippen LogP contribution in [0.15, 0.2) is 11.8 Å². The van der Waals surface area contributed by atoms with E-state index in [9.17, 15) is 0 Å². The third kappa shape index (κ3) is 0.894. The molecular formula is C11H15NO2. The third-order valence-electron chi connectivity index (χ3n) is 4.07. The lowest BCUT2D eigenvalue weighted by atomic mass is 9.85. The highest BCUT2D eigenvalue weighted by Gasteiger charge is 2.50. The smallest absolute Gasteiger partial charge is 0.158 e. The summed E-state index contributed by atoms with van der Waals surface area (Å²) in [6.07, 6.45) is 7.91. The number of allylic oxidation sites excluding steroid dienone is 1. The van der Waals surface area contributed by atoms with E-state index in [1.54, 1.807) is 0 Å². The van der Waals surface area contributed by atoms with E-state index in [4.69, 9.17) is 9.47 Å². The zero-order chi connectivity index (χ0) is 9.12. The zero-order valence-electron chi connectivity index (χ0n) is 8.11. The van der Waals surface area contributed by atoms with Gasteiger partial charge in [-0.3, -0.25) is 0 Å². The molecule has 0 aromatic carbocycles. The predicted molar refractivity (Wildman–Crippen MR) is 50.5 cm³/mol. The maximum Gasteiger partial charge on any atom is 0.158 e. The van der Waals surface area contributed by atoms with Gasteiger partial charge in [0.05, 0.1) is 12.2 Å². The van der Waals surface area contributed by atoms with Crippen LogP contribution in [0, 0.1) is 5.92 Å². The van der Waals surface area contributed by atoms with Gasteiger partial charge in [-0.05, 0) is 19.3 Å². The summed E-state index contributed by atoms with van der Waals surface area (Å²) >= 11 is 0. The van der Waals surface area contributed by atoms with Crippen molar-refractivity contribution in [2.45, 2.75) is 50.2 Å². The lowest BCUT2D eigenvalue weighted by Gasteiger charge is -2.28. The normalized spacial score (nSPS) is 53.7. The molecule has 5 unspecified atom stereocenters. The maximum absolute atomic E-state index is 5.91. The molecule has 3 saturated heterocycles. The van der Waals surface area contributed by atoms with E-state index >= 15 is 0 Å².